The molecule has 3 nitrogen and oxygen atoms in total. The van der Waals surface area contributed by atoms with E-state index in [0.717, 1.165) is 36.2 Å². The Hall–Kier alpha value is -1.35. The number of piperidine rings is 1. The van der Waals surface area contributed by atoms with Crippen LogP contribution in [0, 0.1) is 19.8 Å². The molecule has 98 valence electrons. The lowest BCUT2D eigenvalue weighted by Crippen LogP contribution is -2.44. The molecule has 0 aromatic heterocycles. The molecule has 1 aromatic rings. The predicted molar refractivity (Wildman–Crippen MR) is 74.7 cm³/mol. The standard InChI is InChI=1S/C15H22N2O/c1-10-6-4-7-11(2)14(10)17-15(18)13-8-5-9-16-12(13)3/h4,6-7,12-13,16H,5,8-9H2,1-3H3,(H,17,18). The highest BCUT2D eigenvalue weighted by Crippen LogP contribution is 2.23. The Labute approximate surface area is 109 Å². The maximum atomic E-state index is 12.3. The summed E-state index contributed by atoms with van der Waals surface area (Å²) >= 11 is 0. The van der Waals surface area contributed by atoms with Crippen LogP contribution in [0.5, 0.6) is 0 Å². The van der Waals surface area contributed by atoms with Crippen molar-refractivity contribution in [2.75, 3.05) is 11.9 Å². The summed E-state index contributed by atoms with van der Waals surface area (Å²) < 4.78 is 0. The van der Waals surface area contributed by atoms with E-state index in [1.165, 1.54) is 0 Å². The zero-order chi connectivity index (χ0) is 13.1. The van der Waals surface area contributed by atoms with Crippen LogP contribution in [-0.2, 0) is 4.79 Å². The number of carbonyl (C=O) groups is 1. The maximum absolute atomic E-state index is 12.3. The first-order valence-electron chi connectivity index (χ1n) is 6.70. The van der Waals surface area contributed by atoms with Gasteiger partial charge < -0.3 is 10.6 Å². The Kier molecular flexibility index (Phi) is 4.02. The summed E-state index contributed by atoms with van der Waals surface area (Å²) in [6, 6.07) is 6.35. The monoisotopic (exact) mass is 246 g/mol. The van der Waals surface area contributed by atoms with Crippen molar-refractivity contribution in [1.29, 1.82) is 0 Å². The Morgan fingerprint density at radius 3 is 2.61 bits per heavy atom. The number of amides is 1. The van der Waals surface area contributed by atoms with E-state index < -0.39 is 0 Å². The molecule has 0 bridgehead atoms. The molecule has 1 amide bonds. The first-order chi connectivity index (χ1) is 8.59. The van der Waals surface area contributed by atoms with Gasteiger partial charge in [-0.15, -0.1) is 0 Å². The highest BCUT2D eigenvalue weighted by Gasteiger charge is 2.27. The lowest BCUT2D eigenvalue weighted by atomic mass is 9.91. The van der Waals surface area contributed by atoms with Crippen LogP contribution in [0.25, 0.3) is 0 Å². The van der Waals surface area contributed by atoms with E-state index in [2.05, 4.69) is 17.6 Å². The number of nitrogens with one attached hydrogen (secondary N) is 2. The van der Waals surface area contributed by atoms with Gasteiger partial charge in [0.25, 0.3) is 0 Å². The number of carbonyl (C=O) groups excluding carboxylic acids is 1. The minimum Gasteiger partial charge on any atom is -0.325 e. The second kappa shape index (κ2) is 5.53. The molecule has 1 fully saturated rings. The molecule has 3 heteroatoms. The summed E-state index contributed by atoms with van der Waals surface area (Å²) in [5.41, 5.74) is 3.22. The lowest BCUT2D eigenvalue weighted by molar-refractivity contribution is -0.121. The number of hydrogen-bond acceptors (Lipinski definition) is 2. The van der Waals surface area contributed by atoms with Crippen LogP contribution >= 0.6 is 0 Å². The van der Waals surface area contributed by atoms with E-state index >= 15 is 0 Å². The molecule has 2 N–H and O–H groups in total. The molecule has 2 rings (SSSR count). The molecule has 0 saturated carbocycles. The highest BCUT2D eigenvalue weighted by molar-refractivity contribution is 5.94. The van der Waals surface area contributed by atoms with Gasteiger partial charge in [0.1, 0.15) is 0 Å². The fourth-order valence-corrected chi connectivity index (χ4v) is 2.63. The number of para-hydroxylation sites is 1. The van der Waals surface area contributed by atoms with Crippen molar-refractivity contribution in [1.82, 2.24) is 5.32 Å². The van der Waals surface area contributed by atoms with Gasteiger partial charge in [-0.05, 0) is 51.3 Å². The topological polar surface area (TPSA) is 41.1 Å². The number of rotatable bonds is 2. The van der Waals surface area contributed by atoms with Crippen molar-refractivity contribution in [3.8, 4) is 0 Å². The van der Waals surface area contributed by atoms with Gasteiger partial charge in [-0.3, -0.25) is 4.79 Å². The summed E-state index contributed by atoms with van der Waals surface area (Å²) in [6.07, 6.45) is 2.06. The minimum atomic E-state index is 0.0813. The van der Waals surface area contributed by atoms with Gasteiger partial charge in [-0.1, -0.05) is 18.2 Å². The molecule has 1 heterocycles. The summed E-state index contributed by atoms with van der Waals surface area (Å²) in [5.74, 6) is 0.227. The molecule has 2 unspecified atom stereocenters. The third-order valence-corrected chi connectivity index (χ3v) is 3.83. The van der Waals surface area contributed by atoms with Gasteiger partial charge in [-0.25, -0.2) is 0 Å². The molecule has 1 saturated heterocycles. The number of benzene rings is 1. The Bertz CT molecular complexity index is 422. The average molecular weight is 246 g/mol. The van der Waals surface area contributed by atoms with E-state index in [4.69, 9.17) is 0 Å². The Morgan fingerprint density at radius 1 is 1.33 bits per heavy atom. The van der Waals surface area contributed by atoms with Gasteiger partial charge in [-0.2, -0.15) is 0 Å². The Morgan fingerprint density at radius 2 is 2.00 bits per heavy atom. The molecule has 0 spiro atoms. The van der Waals surface area contributed by atoms with Crippen molar-refractivity contribution in [2.24, 2.45) is 5.92 Å². The van der Waals surface area contributed by atoms with Gasteiger partial charge in [0.15, 0.2) is 0 Å². The summed E-state index contributed by atoms with van der Waals surface area (Å²) in [5, 5.41) is 6.47. The molecule has 1 aliphatic heterocycles. The van der Waals surface area contributed by atoms with Crippen LogP contribution in [0.1, 0.15) is 30.9 Å². The van der Waals surface area contributed by atoms with E-state index in [-0.39, 0.29) is 17.9 Å². The molecular weight excluding hydrogens is 224 g/mol. The van der Waals surface area contributed by atoms with Crippen molar-refractivity contribution in [3.05, 3.63) is 29.3 Å². The van der Waals surface area contributed by atoms with Crippen molar-refractivity contribution >= 4 is 11.6 Å². The van der Waals surface area contributed by atoms with Gasteiger partial charge >= 0.3 is 0 Å². The molecule has 0 radical (unpaired) electrons. The molecule has 1 aromatic carbocycles. The van der Waals surface area contributed by atoms with Crippen LogP contribution < -0.4 is 10.6 Å². The van der Waals surface area contributed by atoms with Crippen LogP contribution in [0.15, 0.2) is 18.2 Å². The fourth-order valence-electron chi connectivity index (χ4n) is 2.63. The summed E-state index contributed by atoms with van der Waals surface area (Å²) in [7, 11) is 0. The third-order valence-electron chi connectivity index (χ3n) is 3.83. The van der Waals surface area contributed by atoms with Crippen LogP contribution in [0.3, 0.4) is 0 Å². The normalized spacial score (nSPS) is 23.7. The number of aryl methyl sites for hydroxylation is 2. The van der Waals surface area contributed by atoms with Crippen molar-refractivity contribution < 1.29 is 4.79 Å². The second-order valence-corrected chi connectivity index (χ2v) is 5.25. The zero-order valence-electron chi connectivity index (χ0n) is 11.4. The van der Waals surface area contributed by atoms with Gasteiger partial charge in [0.05, 0.1) is 5.92 Å². The largest absolute Gasteiger partial charge is 0.325 e. The minimum absolute atomic E-state index is 0.0813. The smallest absolute Gasteiger partial charge is 0.229 e. The maximum Gasteiger partial charge on any atom is 0.229 e. The summed E-state index contributed by atoms with van der Waals surface area (Å²) in [4.78, 5) is 12.3. The molecule has 0 aliphatic carbocycles. The predicted octanol–water partition coefficient (Wildman–Crippen LogP) is 2.63. The van der Waals surface area contributed by atoms with Crippen LogP contribution in [0.2, 0.25) is 0 Å². The number of anilines is 1. The van der Waals surface area contributed by atoms with E-state index in [9.17, 15) is 4.79 Å². The van der Waals surface area contributed by atoms with Crippen LogP contribution in [0.4, 0.5) is 5.69 Å². The van der Waals surface area contributed by atoms with Gasteiger partial charge in [0.2, 0.25) is 5.91 Å². The Balaban J connectivity index is 2.11. The van der Waals surface area contributed by atoms with Crippen LogP contribution in [-0.4, -0.2) is 18.5 Å². The fraction of sp³-hybridized carbons (Fsp3) is 0.533. The second-order valence-electron chi connectivity index (χ2n) is 5.25. The van der Waals surface area contributed by atoms with Crippen molar-refractivity contribution in [3.63, 3.8) is 0 Å². The molecule has 2 atom stereocenters. The molecule has 18 heavy (non-hydrogen) atoms. The van der Waals surface area contributed by atoms with Crippen molar-refractivity contribution in [2.45, 2.75) is 39.7 Å². The zero-order valence-corrected chi connectivity index (χ0v) is 11.4. The SMILES string of the molecule is Cc1cccc(C)c1NC(=O)C1CCCNC1C. The quantitative estimate of drug-likeness (QED) is 0.842. The molecule has 1 aliphatic rings. The lowest BCUT2D eigenvalue weighted by Gasteiger charge is -2.29. The first kappa shape index (κ1) is 13.1. The van der Waals surface area contributed by atoms with E-state index in [1.54, 1.807) is 0 Å². The highest BCUT2D eigenvalue weighted by atomic mass is 16.1. The third kappa shape index (κ3) is 2.72. The first-order valence-corrected chi connectivity index (χ1v) is 6.70. The summed E-state index contributed by atoms with van der Waals surface area (Å²) in [6.45, 7) is 7.18. The van der Waals surface area contributed by atoms with Gasteiger partial charge in [0, 0.05) is 11.7 Å². The van der Waals surface area contributed by atoms with E-state index in [1.807, 2.05) is 32.0 Å². The number of hydrogen-bond donors (Lipinski definition) is 2. The average Bonchev–Trinajstić information content (AvgIpc) is 2.34. The molecular formula is C15H22N2O. The van der Waals surface area contributed by atoms with E-state index in [0.29, 0.717) is 0 Å².